The molecular formula is C15H16BrF2N. The first kappa shape index (κ1) is 14.3. The highest BCUT2D eigenvalue weighted by Crippen LogP contribution is 2.14. The quantitative estimate of drug-likeness (QED) is 0.900. The third kappa shape index (κ3) is 3.90. The van der Waals surface area contributed by atoms with E-state index in [9.17, 15) is 8.78 Å². The molecule has 2 rings (SSSR count). The van der Waals surface area contributed by atoms with Crippen LogP contribution >= 0.6 is 15.9 Å². The highest BCUT2D eigenvalue weighted by molar-refractivity contribution is 9.10. The monoisotopic (exact) mass is 327 g/mol. The van der Waals surface area contributed by atoms with Crippen LogP contribution in [0.3, 0.4) is 0 Å². The van der Waals surface area contributed by atoms with Crippen LogP contribution in [0, 0.1) is 5.92 Å². The van der Waals surface area contributed by atoms with Crippen LogP contribution in [0.1, 0.15) is 13.3 Å². The van der Waals surface area contributed by atoms with E-state index in [0.29, 0.717) is 0 Å². The predicted molar refractivity (Wildman–Crippen MR) is 78.2 cm³/mol. The van der Waals surface area contributed by atoms with Gasteiger partial charge in [0.15, 0.2) is 0 Å². The standard InChI is InChI=1S/C15H16BrF2N/c1-10-2-3-12-8-13(16)6-4-11(12)5-7-14(10)19-9-15(17)18/h3-8,10,15,19H,2,9H2,1H3. The first-order chi connectivity index (χ1) is 9.06. The summed E-state index contributed by atoms with van der Waals surface area (Å²) >= 11 is 3.46. The molecule has 0 fully saturated rings. The lowest BCUT2D eigenvalue weighted by atomic mass is 9.99. The van der Waals surface area contributed by atoms with Gasteiger partial charge in [-0.3, -0.25) is 0 Å². The minimum Gasteiger partial charge on any atom is -0.382 e. The molecule has 1 N–H and O–H groups in total. The van der Waals surface area contributed by atoms with Gasteiger partial charge in [0.2, 0.25) is 0 Å². The molecule has 102 valence electrons. The van der Waals surface area contributed by atoms with Crippen molar-refractivity contribution in [3.63, 3.8) is 0 Å². The zero-order chi connectivity index (χ0) is 13.8. The second-order valence-electron chi connectivity index (χ2n) is 4.67. The van der Waals surface area contributed by atoms with Crippen molar-refractivity contribution in [2.75, 3.05) is 6.54 Å². The number of alkyl halides is 2. The van der Waals surface area contributed by atoms with Gasteiger partial charge in [0.05, 0.1) is 6.54 Å². The predicted octanol–water partition coefficient (Wildman–Crippen LogP) is 2.79. The van der Waals surface area contributed by atoms with E-state index in [4.69, 9.17) is 0 Å². The molecule has 0 heterocycles. The maximum atomic E-state index is 12.3. The molecule has 1 aromatic rings. The highest BCUT2D eigenvalue weighted by Gasteiger charge is 2.10. The summed E-state index contributed by atoms with van der Waals surface area (Å²) in [6, 6.07) is 6.07. The summed E-state index contributed by atoms with van der Waals surface area (Å²) < 4.78 is 25.6. The van der Waals surface area contributed by atoms with Gasteiger partial charge in [-0.25, -0.2) is 8.78 Å². The molecule has 1 atom stereocenters. The van der Waals surface area contributed by atoms with Crippen molar-refractivity contribution in [1.82, 2.24) is 5.32 Å². The molecule has 1 unspecified atom stereocenters. The van der Waals surface area contributed by atoms with E-state index >= 15 is 0 Å². The van der Waals surface area contributed by atoms with Crippen molar-refractivity contribution >= 4 is 28.1 Å². The van der Waals surface area contributed by atoms with Gasteiger partial charge in [-0.2, -0.15) is 0 Å². The Labute approximate surface area is 119 Å². The van der Waals surface area contributed by atoms with Crippen molar-refractivity contribution in [2.45, 2.75) is 19.8 Å². The van der Waals surface area contributed by atoms with Crippen molar-refractivity contribution < 1.29 is 8.78 Å². The summed E-state index contributed by atoms with van der Waals surface area (Å²) in [5.74, 6) is 0.210. The van der Waals surface area contributed by atoms with Crippen molar-refractivity contribution in [2.24, 2.45) is 5.92 Å². The van der Waals surface area contributed by atoms with Crippen LogP contribution < -0.4 is 15.8 Å². The first-order valence-corrected chi connectivity index (χ1v) is 7.05. The van der Waals surface area contributed by atoms with E-state index in [1.807, 2.05) is 31.2 Å². The van der Waals surface area contributed by atoms with Gasteiger partial charge < -0.3 is 5.32 Å². The number of hydrogen-bond donors (Lipinski definition) is 1. The van der Waals surface area contributed by atoms with Gasteiger partial charge in [-0.1, -0.05) is 41.1 Å². The minimum absolute atomic E-state index is 0.210. The Balaban J connectivity index is 2.34. The Morgan fingerprint density at radius 2 is 2.11 bits per heavy atom. The van der Waals surface area contributed by atoms with Gasteiger partial charge >= 0.3 is 0 Å². The lowest BCUT2D eigenvalue weighted by molar-refractivity contribution is 0.148. The Hall–Kier alpha value is -1.16. The van der Waals surface area contributed by atoms with Crippen LogP contribution in [-0.2, 0) is 0 Å². The summed E-state index contributed by atoms with van der Waals surface area (Å²) in [4.78, 5) is 0. The Morgan fingerprint density at radius 3 is 2.84 bits per heavy atom. The summed E-state index contributed by atoms with van der Waals surface area (Å²) in [5, 5.41) is 5.11. The average Bonchev–Trinajstić information content (AvgIpc) is 2.35. The van der Waals surface area contributed by atoms with Crippen LogP contribution in [-0.4, -0.2) is 13.0 Å². The smallest absolute Gasteiger partial charge is 0.255 e. The zero-order valence-electron chi connectivity index (χ0n) is 10.7. The molecule has 0 saturated heterocycles. The molecular weight excluding hydrogens is 312 g/mol. The maximum Gasteiger partial charge on any atom is 0.255 e. The first-order valence-electron chi connectivity index (χ1n) is 6.26. The SMILES string of the molecule is CC1CC=c2cc(Br)ccc2=CC=C1NCC(F)F. The van der Waals surface area contributed by atoms with Crippen LogP contribution in [0.5, 0.6) is 0 Å². The molecule has 1 aliphatic rings. The number of nitrogens with one attached hydrogen (secondary N) is 1. The fraction of sp³-hybridized carbons (Fsp3) is 0.333. The van der Waals surface area contributed by atoms with Crippen molar-refractivity contribution in [3.05, 3.63) is 44.9 Å². The van der Waals surface area contributed by atoms with E-state index in [-0.39, 0.29) is 12.5 Å². The summed E-state index contributed by atoms with van der Waals surface area (Å²) in [7, 11) is 0. The van der Waals surface area contributed by atoms with E-state index in [1.54, 1.807) is 0 Å². The van der Waals surface area contributed by atoms with Crippen LogP contribution in [0.25, 0.3) is 12.2 Å². The number of allylic oxidation sites excluding steroid dienone is 2. The van der Waals surface area contributed by atoms with Gasteiger partial charge in [0, 0.05) is 10.2 Å². The second kappa shape index (κ2) is 6.33. The topological polar surface area (TPSA) is 12.0 Å². The fourth-order valence-electron chi connectivity index (χ4n) is 2.08. The van der Waals surface area contributed by atoms with E-state index in [2.05, 4.69) is 33.4 Å². The van der Waals surface area contributed by atoms with E-state index in [0.717, 1.165) is 21.8 Å². The molecule has 0 amide bonds. The molecule has 1 nitrogen and oxygen atoms in total. The Bertz CT molecular complexity index is 593. The molecule has 0 aliphatic heterocycles. The summed E-state index contributed by atoms with van der Waals surface area (Å²) in [5.41, 5.74) is 0.866. The molecule has 1 aromatic carbocycles. The van der Waals surface area contributed by atoms with Crippen LogP contribution in [0.2, 0.25) is 0 Å². The fourth-order valence-corrected chi connectivity index (χ4v) is 2.46. The third-order valence-electron chi connectivity index (χ3n) is 3.17. The third-order valence-corrected chi connectivity index (χ3v) is 3.67. The molecule has 19 heavy (non-hydrogen) atoms. The summed E-state index contributed by atoms with van der Waals surface area (Å²) in [6.45, 7) is 1.74. The number of rotatable bonds is 3. The van der Waals surface area contributed by atoms with Gasteiger partial charge in [-0.05, 0) is 41.0 Å². The van der Waals surface area contributed by atoms with Crippen LogP contribution in [0.15, 0.2) is 34.4 Å². The Morgan fingerprint density at radius 1 is 1.32 bits per heavy atom. The largest absolute Gasteiger partial charge is 0.382 e. The maximum absolute atomic E-state index is 12.3. The Kier molecular flexibility index (Phi) is 4.75. The average molecular weight is 328 g/mol. The normalized spacial score (nSPS) is 18.6. The minimum atomic E-state index is -2.33. The lowest BCUT2D eigenvalue weighted by Gasteiger charge is -2.17. The van der Waals surface area contributed by atoms with Crippen LogP contribution in [0.4, 0.5) is 8.78 Å². The van der Waals surface area contributed by atoms with E-state index in [1.165, 1.54) is 5.22 Å². The molecule has 0 radical (unpaired) electrons. The van der Waals surface area contributed by atoms with Crippen molar-refractivity contribution in [1.29, 1.82) is 0 Å². The number of halogens is 3. The lowest BCUT2D eigenvalue weighted by Crippen LogP contribution is -2.28. The molecule has 0 aromatic heterocycles. The van der Waals surface area contributed by atoms with Crippen molar-refractivity contribution in [3.8, 4) is 0 Å². The number of benzene rings is 1. The second-order valence-corrected chi connectivity index (χ2v) is 5.59. The zero-order valence-corrected chi connectivity index (χ0v) is 12.3. The highest BCUT2D eigenvalue weighted by atomic mass is 79.9. The van der Waals surface area contributed by atoms with Gasteiger partial charge in [-0.15, -0.1) is 0 Å². The molecule has 0 spiro atoms. The number of fused-ring (bicyclic) bond motifs is 1. The molecule has 0 bridgehead atoms. The molecule has 1 aliphatic carbocycles. The van der Waals surface area contributed by atoms with Gasteiger partial charge in [0.25, 0.3) is 6.43 Å². The summed E-state index contributed by atoms with van der Waals surface area (Å²) in [6.07, 6.45) is 4.54. The molecule has 4 heteroatoms. The van der Waals surface area contributed by atoms with E-state index < -0.39 is 6.43 Å². The molecule has 0 saturated carbocycles. The van der Waals surface area contributed by atoms with Gasteiger partial charge in [0.1, 0.15) is 0 Å². The number of hydrogen-bond acceptors (Lipinski definition) is 1.